The third kappa shape index (κ3) is 4.57. The van der Waals surface area contributed by atoms with E-state index >= 15 is 0 Å². The Morgan fingerprint density at radius 2 is 2.40 bits per heavy atom. The summed E-state index contributed by atoms with van der Waals surface area (Å²) in [6.45, 7) is 3.74. The first-order valence-corrected chi connectivity index (χ1v) is 6.72. The Labute approximate surface area is 93.5 Å². The van der Waals surface area contributed by atoms with Gasteiger partial charge in [-0.2, -0.15) is 5.10 Å². The lowest BCUT2D eigenvalue weighted by Crippen LogP contribution is -2.20. The molecule has 1 aromatic heterocycles. The zero-order chi connectivity index (χ0) is 11.3. The highest BCUT2D eigenvalue weighted by Gasteiger charge is 2.04. The molecule has 0 fully saturated rings. The predicted molar refractivity (Wildman–Crippen MR) is 63.1 cm³/mol. The van der Waals surface area contributed by atoms with Crippen LogP contribution in [-0.2, 0) is 24.4 Å². The molecule has 0 saturated heterocycles. The van der Waals surface area contributed by atoms with Crippen LogP contribution in [0.5, 0.6) is 0 Å². The van der Waals surface area contributed by atoms with Crippen molar-refractivity contribution >= 4 is 10.8 Å². The number of hydrogen-bond donors (Lipinski definition) is 1. The Hall–Kier alpha value is -0.680. The average molecular weight is 229 g/mol. The van der Waals surface area contributed by atoms with Gasteiger partial charge < -0.3 is 5.32 Å². The molecule has 0 aliphatic heterocycles. The zero-order valence-electron chi connectivity index (χ0n) is 9.56. The molecular weight excluding hydrogens is 210 g/mol. The molecule has 0 saturated carbocycles. The van der Waals surface area contributed by atoms with Crippen molar-refractivity contribution in [3.05, 3.63) is 18.0 Å². The van der Waals surface area contributed by atoms with Crippen molar-refractivity contribution < 1.29 is 4.21 Å². The van der Waals surface area contributed by atoms with Crippen LogP contribution < -0.4 is 5.32 Å². The van der Waals surface area contributed by atoms with E-state index in [0.29, 0.717) is 0 Å². The molecule has 5 heteroatoms. The van der Waals surface area contributed by atoms with Crippen molar-refractivity contribution in [1.29, 1.82) is 0 Å². The van der Waals surface area contributed by atoms with E-state index in [2.05, 4.69) is 10.4 Å². The minimum absolute atomic E-state index is 0.270. The lowest BCUT2D eigenvalue weighted by molar-refractivity contribution is 0.628. The number of rotatable bonds is 6. The Balaban J connectivity index is 2.14. The SMILES string of the molecule is CC(CCNCc1cnn(C)c1)S(C)=O. The molecule has 1 aromatic rings. The summed E-state index contributed by atoms with van der Waals surface area (Å²) in [5.41, 5.74) is 1.18. The highest BCUT2D eigenvalue weighted by atomic mass is 32.2. The van der Waals surface area contributed by atoms with Gasteiger partial charge >= 0.3 is 0 Å². The van der Waals surface area contributed by atoms with E-state index in [9.17, 15) is 4.21 Å². The summed E-state index contributed by atoms with van der Waals surface area (Å²) >= 11 is 0. The van der Waals surface area contributed by atoms with Crippen molar-refractivity contribution in [2.24, 2.45) is 7.05 Å². The summed E-state index contributed by atoms with van der Waals surface area (Å²) in [4.78, 5) is 0. The van der Waals surface area contributed by atoms with E-state index < -0.39 is 10.8 Å². The van der Waals surface area contributed by atoms with Crippen molar-refractivity contribution in [1.82, 2.24) is 15.1 Å². The molecule has 0 amide bonds. The number of aromatic nitrogens is 2. The third-order valence-electron chi connectivity index (χ3n) is 2.38. The Morgan fingerprint density at radius 3 is 2.93 bits per heavy atom. The summed E-state index contributed by atoms with van der Waals surface area (Å²) in [5, 5.41) is 7.67. The van der Waals surface area contributed by atoms with Crippen molar-refractivity contribution in [3.8, 4) is 0 Å². The fourth-order valence-corrected chi connectivity index (χ4v) is 1.72. The number of aryl methyl sites for hydroxylation is 1. The second kappa shape index (κ2) is 6.02. The molecule has 0 spiro atoms. The van der Waals surface area contributed by atoms with Crippen LogP contribution in [0.3, 0.4) is 0 Å². The van der Waals surface area contributed by atoms with Crippen LogP contribution in [-0.4, -0.2) is 32.0 Å². The van der Waals surface area contributed by atoms with Gasteiger partial charge in [0.05, 0.1) is 6.20 Å². The highest BCUT2D eigenvalue weighted by molar-refractivity contribution is 7.84. The number of hydrogen-bond acceptors (Lipinski definition) is 3. The molecule has 1 heterocycles. The van der Waals surface area contributed by atoms with Crippen LogP contribution >= 0.6 is 0 Å². The lowest BCUT2D eigenvalue weighted by Gasteiger charge is -2.08. The number of nitrogens with zero attached hydrogens (tertiary/aromatic N) is 2. The normalized spacial score (nSPS) is 15.1. The van der Waals surface area contributed by atoms with Gasteiger partial charge in [-0.05, 0) is 13.0 Å². The molecule has 1 rings (SSSR count). The van der Waals surface area contributed by atoms with E-state index in [4.69, 9.17) is 0 Å². The fraction of sp³-hybridized carbons (Fsp3) is 0.700. The van der Waals surface area contributed by atoms with Crippen LogP contribution in [0.15, 0.2) is 12.4 Å². The summed E-state index contributed by atoms with van der Waals surface area (Å²) in [6, 6.07) is 0. The molecule has 0 bridgehead atoms. The smallest absolute Gasteiger partial charge is 0.0534 e. The van der Waals surface area contributed by atoms with Gasteiger partial charge in [0, 0.05) is 47.7 Å². The zero-order valence-corrected chi connectivity index (χ0v) is 10.4. The van der Waals surface area contributed by atoms with E-state index in [1.165, 1.54) is 5.56 Å². The van der Waals surface area contributed by atoms with E-state index in [0.717, 1.165) is 19.5 Å². The van der Waals surface area contributed by atoms with E-state index in [-0.39, 0.29) is 5.25 Å². The molecule has 86 valence electrons. The Kier molecular flexibility index (Phi) is 4.98. The molecule has 2 atom stereocenters. The van der Waals surface area contributed by atoms with E-state index in [1.807, 2.05) is 26.4 Å². The monoisotopic (exact) mass is 229 g/mol. The molecule has 15 heavy (non-hydrogen) atoms. The third-order valence-corrected chi connectivity index (χ3v) is 3.75. The van der Waals surface area contributed by atoms with Gasteiger partial charge in [0.25, 0.3) is 0 Å². The van der Waals surface area contributed by atoms with Gasteiger partial charge in [0.1, 0.15) is 0 Å². The van der Waals surface area contributed by atoms with Gasteiger partial charge in [0.2, 0.25) is 0 Å². The molecule has 2 unspecified atom stereocenters. The minimum atomic E-state index is -0.711. The largest absolute Gasteiger partial charge is 0.313 e. The van der Waals surface area contributed by atoms with Crippen LogP contribution in [0.2, 0.25) is 0 Å². The Morgan fingerprint density at radius 1 is 1.67 bits per heavy atom. The van der Waals surface area contributed by atoms with Gasteiger partial charge in [0.15, 0.2) is 0 Å². The first-order chi connectivity index (χ1) is 7.09. The molecule has 0 aliphatic carbocycles. The standard InChI is InChI=1S/C10H19N3OS/c1-9(15(3)14)4-5-11-6-10-7-12-13(2)8-10/h7-9,11H,4-6H2,1-3H3. The predicted octanol–water partition coefficient (Wildman–Crippen LogP) is 0.667. The summed E-state index contributed by atoms with van der Waals surface area (Å²) in [5.74, 6) is 0. The second-order valence-corrected chi connectivity index (χ2v) is 5.60. The molecule has 0 aliphatic rings. The fourth-order valence-electron chi connectivity index (χ4n) is 1.27. The summed E-state index contributed by atoms with van der Waals surface area (Å²) in [7, 11) is 1.20. The summed E-state index contributed by atoms with van der Waals surface area (Å²) in [6.07, 6.45) is 6.55. The average Bonchev–Trinajstić information content (AvgIpc) is 2.58. The topological polar surface area (TPSA) is 46.9 Å². The van der Waals surface area contributed by atoms with Gasteiger partial charge in [-0.15, -0.1) is 0 Å². The summed E-state index contributed by atoms with van der Waals surface area (Å²) < 4.78 is 12.9. The lowest BCUT2D eigenvalue weighted by atomic mass is 10.3. The number of nitrogens with one attached hydrogen (secondary N) is 1. The molecule has 0 aromatic carbocycles. The first-order valence-electron chi connectivity index (χ1n) is 5.10. The first kappa shape index (κ1) is 12.4. The molecule has 1 N–H and O–H groups in total. The van der Waals surface area contributed by atoms with Gasteiger partial charge in [-0.25, -0.2) is 0 Å². The van der Waals surface area contributed by atoms with Gasteiger partial charge in [-0.3, -0.25) is 8.89 Å². The van der Waals surface area contributed by atoms with Crippen LogP contribution in [0.1, 0.15) is 18.9 Å². The van der Waals surface area contributed by atoms with E-state index in [1.54, 1.807) is 10.9 Å². The molecule has 0 radical (unpaired) electrons. The van der Waals surface area contributed by atoms with Gasteiger partial charge in [-0.1, -0.05) is 6.92 Å². The van der Waals surface area contributed by atoms with Crippen molar-refractivity contribution in [2.75, 3.05) is 12.8 Å². The quantitative estimate of drug-likeness (QED) is 0.729. The minimum Gasteiger partial charge on any atom is -0.313 e. The maximum Gasteiger partial charge on any atom is 0.0534 e. The maximum absolute atomic E-state index is 11.1. The highest BCUT2D eigenvalue weighted by Crippen LogP contribution is 1.99. The van der Waals surface area contributed by atoms with Crippen LogP contribution in [0.4, 0.5) is 0 Å². The van der Waals surface area contributed by atoms with Crippen molar-refractivity contribution in [3.63, 3.8) is 0 Å². The maximum atomic E-state index is 11.1. The Bertz CT molecular complexity index is 324. The van der Waals surface area contributed by atoms with Crippen LogP contribution in [0, 0.1) is 0 Å². The molecule has 4 nitrogen and oxygen atoms in total. The van der Waals surface area contributed by atoms with Crippen LogP contribution in [0.25, 0.3) is 0 Å². The molecular formula is C10H19N3OS. The second-order valence-electron chi connectivity index (χ2n) is 3.80. The van der Waals surface area contributed by atoms with Crippen molar-refractivity contribution in [2.45, 2.75) is 25.1 Å².